The fourth-order valence-electron chi connectivity index (χ4n) is 3.23. The number of nitro groups is 1. The molecule has 1 unspecified atom stereocenters. The number of rotatable bonds is 8. The SMILES string of the molecule is COc1cccc(C(CNS(=O)(=O)c2cccc([N+](=O)[O-])c2)N2CCOCC2)c1. The zero-order valence-corrected chi connectivity index (χ0v) is 16.8. The lowest BCUT2D eigenvalue weighted by molar-refractivity contribution is -0.385. The monoisotopic (exact) mass is 421 g/mol. The van der Waals surface area contributed by atoms with Gasteiger partial charge >= 0.3 is 0 Å². The van der Waals surface area contributed by atoms with Crippen molar-refractivity contribution in [3.63, 3.8) is 0 Å². The van der Waals surface area contributed by atoms with Gasteiger partial charge in [-0.2, -0.15) is 0 Å². The van der Waals surface area contributed by atoms with Crippen molar-refractivity contribution in [3.8, 4) is 5.75 Å². The molecule has 2 aromatic rings. The first-order valence-electron chi connectivity index (χ1n) is 9.10. The van der Waals surface area contributed by atoms with Gasteiger partial charge in [-0.15, -0.1) is 0 Å². The van der Waals surface area contributed by atoms with Crippen LogP contribution in [0.2, 0.25) is 0 Å². The van der Waals surface area contributed by atoms with Gasteiger partial charge in [0.1, 0.15) is 5.75 Å². The maximum Gasteiger partial charge on any atom is 0.270 e. The molecular formula is C19H23N3O6S. The zero-order chi connectivity index (χ0) is 20.9. The number of benzene rings is 2. The van der Waals surface area contributed by atoms with Gasteiger partial charge in [0.15, 0.2) is 0 Å². The number of nitrogens with zero attached hydrogens (tertiary/aromatic N) is 2. The number of nitrogens with one attached hydrogen (secondary N) is 1. The Morgan fingerprint density at radius 2 is 1.93 bits per heavy atom. The van der Waals surface area contributed by atoms with Crippen molar-refractivity contribution in [3.05, 3.63) is 64.2 Å². The number of methoxy groups -OCH3 is 1. The summed E-state index contributed by atoms with van der Waals surface area (Å²) in [6, 6.07) is 12.3. The first kappa shape index (κ1) is 21.2. The summed E-state index contributed by atoms with van der Waals surface area (Å²) in [5.74, 6) is 0.683. The molecule has 1 saturated heterocycles. The first-order chi connectivity index (χ1) is 13.9. The smallest absolute Gasteiger partial charge is 0.270 e. The third-order valence-corrected chi connectivity index (χ3v) is 6.19. The van der Waals surface area contributed by atoms with Crippen LogP contribution in [-0.2, 0) is 14.8 Å². The summed E-state index contributed by atoms with van der Waals surface area (Å²) < 4.78 is 38.8. The van der Waals surface area contributed by atoms with Crippen LogP contribution in [0.25, 0.3) is 0 Å². The average Bonchev–Trinajstić information content (AvgIpc) is 2.75. The largest absolute Gasteiger partial charge is 0.497 e. The number of sulfonamides is 1. The van der Waals surface area contributed by atoms with Gasteiger partial charge in [-0.1, -0.05) is 18.2 Å². The fourth-order valence-corrected chi connectivity index (χ4v) is 4.31. The number of morpholine rings is 1. The summed E-state index contributed by atoms with van der Waals surface area (Å²) in [5, 5.41) is 11.0. The molecule has 0 amide bonds. The van der Waals surface area contributed by atoms with Gasteiger partial charge < -0.3 is 9.47 Å². The van der Waals surface area contributed by atoms with Gasteiger partial charge in [0.05, 0.1) is 30.1 Å². The van der Waals surface area contributed by atoms with E-state index in [4.69, 9.17) is 9.47 Å². The zero-order valence-electron chi connectivity index (χ0n) is 16.0. The van der Waals surface area contributed by atoms with Crippen molar-refractivity contribution in [1.82, 2.24) is 9.62 Å². The van der Waals surface area contributed by atoms with Crippen molar-refractivity contribution >= 4 is 15.7 Å². The minimum Gasteiger partial charge on any atom is -0.497 e. The van der Waals surface area contributed by atoms with Crippen molar-refractivity contribution < 1.29 is 22.8 Å². The number of non-ortho nitro benzene ring substituents is 1. The van der Waals surface area contributed by atoms with Crippen LogP contribution in [0.15, 0.2) is 53.4 Å². The molecule has 0 aromatic heterocycles. The number of hydrogen-bond acceptors (Lipinski definition) is 7. The van der Waals surface area contributed by atoms with Crippen molar-refractivity contribution in [2.24, 2.45) is 0 Å². The Morgan fingerprint density at radius 1 is 1.21 bits per heavy atom. The molecule has 1 aliphatic rings. The molecule has 29 heavy (non-hydrogen) atoms. The van der Waals surface area contributed by atoms with E-state index >= 15 is 0 Å². The average molecular weight is 421 g/mol. The molecule has 0 bridgehead atoms. The van der Waals surface area contributed by atoms with Crippen molar-refractivity contribution in [1.29, 1.82) is 0 Å². The maximum atomic E-state index is 12.7. The summed E-state index contributed by atoms with van der Waals surface area (Å²) in [4.78, 5) is 12.3. The molecule has 10 heteroatoms. The second-order valence-corrected chi connectivity index (χ2v) is 8.31. The highest BCUT2D eigenvalue weighted by Gasteiger charge is 2.26. The molecule has 0 radical (unpaired) electrons. The fraction of sp³-hybridized carbons (Fsp3) is 0.368. The Morgan fingerprint density at radius 3 is 2.62 bits per heavy atom. The van der Waals surface area contributed by atoms with Crippen LogP contribution in [0.1, 0.15) is 11.6 Å². The number of ether oxygens (including phenoxy) is 2. The lowest BCUT2D eigenvalue weighted by Gasteiger charge is -2.35. The minimum atomic E-state index is -3.92. The van der Waals surface area contributed by atoms with E-state index in [0.29, 0.717) is 32.1 Å². The Hall–Kier alpha value is -2.53. The Labute approximate surface area is 169 Å². The number of hydrogen-bond donors (Lipinski definition) is 1. The van der Waals surface area contributed by atoms with E-state index in [-0.39, 0.29) is 23.2 Å². The van der Waals surface area contributed by atoms with E-state index in [2.05, 4.69) is 9.62 Å². The second kappa shape index (κ2) is 9.31. The molecule has 0 saturated carbocycles. The molecule has 1 fully saturated rings. The normalized spacial score (nSPS) is 16.3. The van der Waals surface area contributed by atoms with E-state index < -0.39 is 14.9 Å². The second-order valence-electron chi connectivity index (χ2n) is 6.55. The molecule has 156 valence electrons. The number of nitro benzene ring substituents is 1. The highest BCUT2D eigenvalue weighted by Crippen LogP contribution is 2.26. The predicted molar refractivity (Wildman–Crippen MR) is 106 cm³/mol. The Balaban J connectivity index is 1.83. The molecule has 3 rings (SSSR count). The Kier molecular flexibility index (Phi) is 6.80. The molecule has 1 aliphatic heterocycles. The van der Waals surface area contributed by atoms with Crippen LogP contribution in [0.3, 0.4) is 0 Å². The molecule has 1 N–H and O–H groups in total. The van der Waals surface area contributed by atoms with Gasteiger partial charge in [0, 0.05) is 37.8 Å². The van der Waals surface area contributed by atoms with E-state index in [1.165, 1.54) is 18.2 Å². The predicted octanol–water partition coefficient (Wildman–Crippen LogP) is 1.96. The standard InChI is InChI=1S/C19H23N3O6S/c1-27-17-6-2-4-15(12-17)19(21-8-10-28-11-9-21)14-20-29(25,26)18-7-3-5-16(13-18)22(23)24/h2-7,12-13,19-20H,8-11,14H2,1H3. The summed E-state index contributed by atoms with van der Waals surface area (Å²) in [5.41, 5.74) is 0.637. The van der Waals surface area contributed by atoms with Crippen LogP contribution < -0.4 is 9.46 Å². The van der Waals surface area contributed by atoms with Crippen LogP contribution in [0.4, 0.5) is 5.69 Å². The first-order valence-corrected chi connectivity index (χ1v) is 10.6. The van der Waals surface area contributed by atoms with Crippen LogP contribution in [0.5, 0.6) is 5.75 Å². The van der Waals surface area contributed by atoms with E-state index in [1.54, 1.807) is 7.11 Å². The maximum absolute atomic E-state index is 12.7. The minimum absolute atomic E-state index is 0.109. The molecule has 2 aromatic carbocycles. The van der Waals surface area contributed by atoms with Gasteiger partial charge in [-0.3, -0.25) is 15.0 Å². The van der Waals surface area contributed by atoms with Gasteiger partial charge in [0.2, 0.25) is 10.0 Å². The summed E-state index contributed by atoms with van der Waals surface area (Å²) >= 11 is 0. The Bertz CT molecular complexity index is 960. The van der Waals surface area contributed by atoms with Crippen molar-refractivity contribution in [2.45, 2.75) is 10.9 Å². The van der Waals surface area contributed by atoms with Gasteiger partial charge in [0.25, 0.3) is 5.69 Å². The third-order valence-electron chi connectivity index (χ3n) is 4.77. The van der Waals surface area contributed by atoms with E-state index in [1.807, 2.05) is 24.3 Å². The topological polar surface area (TPSA) is 111 Å². The molecule has 9 nitrogen and oxygen atoms in total. The van der Waals surface area contributed by atoms with Gasteiger partial charge in [-0.05, 0) is 23.8 Å². The van der Waals surface area contributed by atoms with Crippen LogP contribution >= 0.6 is 0 Å². The van der Waals surface area contributed by atoms with Crippen molar-refractivity contribution in [2.75, 3.05) is 40.0 Å². The lowest BCUT2D eigenvalue weighted by atomic mass is 10.0. The van der Waals surface area contributed by atoms with Gasteiger partial charge in [-0.25, -0.2) is 13.1 Å². The molecule has 1 heterocycles. The summed E-state index contributed by atoms with van der Waals surface area (Å²) in [7, 11) is -2.34. The molecule has 1 atom stereocenters. The highest BCUT2D eigenvalue weighted by molar-refractivity contribution is 7.89. The summed E-state index contributed by atoms with van der Waals surface area (Å²) in [6.07, 6.45) is 0. The summed E-state index contributed by atoms with van der Waals surface area (Å²) in [6.45, 7) is 2.58. The quantitative estimate of drug-likeness (QED) is 0.512. The molecule has 0 spiro atoms. The highest BCUT2D eigenvalue weighted by atomic mass is 32.2. The van der Waals surface area contributed by atoms with Crippen LogP contribution in [0, 0.1) is 10.1 Å². The van der Waals surface area contributed by atoms with Crippen LogP contribution in [-0.4, -0.2) is 58.2 Å². The third kappa shape index (κ3) is 5.30. The van der Waals surface area contributed by atoms with E-state index in [9.17, 15) is 18.5 Å². The molecular weight excluding hydrogens is 398 g/mol. The lowest BCUT2D eigenvalue weighted by Crippen LogP contribution is -2.43. The van der Waals surface area contributed by atoms with E-state index in [0.717, 1.165) is 11.6 Å². The molecule has 0 aliphatic carbocycles.